The lowest BCUT2D eigenvalue weighted by Gasteiger charge is -2.28. The fraction of sp³-hybridized carbons (Fsp3) is 0.242. The number of fused-ring (bicyclic) bond motifs is 2. The molecular weight excluding hydrogens is 593 g/mol. The number of piperidine rings is 1. The van der Waals surface area contributed by atoms with Gasteiger partial charge >= 0.3 is 0 Å². The van der Waals surface area contributed by atoms with Crippen molar-refractivity contribution in [3.05, 3.63) is 101 Å². The number of imidazole rings is 1. The monoisotopic (exact) mass is 625 g/mol. The smallest absolute Gasteiger partial charge is 0.268 e. The van der Waals surface area contributed by atoms with Crippen molar-refractivity contribution in [2.75, 3.05) is 18.8 Å². The molecule has 0 atom stereocenters. The Morgan fingerprint density at radius 3 is 2.53 bits per heavy atom. The normalized spacial score (nSPS) is 14.9. The van der Waals surface area contributed by atoms with Crippen LogP contribution in [0.3, 0.4) is 0 Å². The lowest BCUT2D eigenvalue weighted by molar-refractivity contribution is 0.103. The zero-order valence-corrected chi connectivity index (χ0v) is 25.7. The Kier molecular flexibility index (Phi) is 7.05. The van der Waals surface area contributed by atoms with Crippen molar-refractivity contribution in [3.8, 4) is 5.69 Å². The second kappa shape index (κ2) is 11.0. The third-order valence-corrected chi connectivity index (χ3v) is 10.2. The van der Waals surface area contributed by atoms with E-state index in [4.69, 9.17) is 5.73 Å². The van der Waals surface area contributed by atoms with Gasteiger partial charge in [-0.25, -0.2) is 26.4 Å². The van der Waals surface area contributed by atoms with Crippen LogP contribution in [0.2, 0.25) is 0 Å². The number of benzene rings is 3. The maximum Gasteiger partial charge on any atom is 0.268 e. The van der Waals surface area contributed by atoms with Crippen LogP contribution in [0.25, 0.3) is 27.6 Å². The Bertz CT molecular complexity index is 2190. The summed E-state index contributed by atoms with van der Waals surface area (Å²) >= 11 is 0. The number of likely N-dealkylation sites (tertiary alicyclic amines) is 1. The van der Waals surface area contributed by atoms with Gasteiger partial charge in [-0.15, -0.1) is 0 Å². The molecule has 1 aliphatic rings. The number of nitrogens with zero attached hydrogens (tertiary/aromatic N) is 5. The van der Waals surface area contributed by atoms with Crippen LogP contribution in [0.1, 0.15) is 45.8 Å². The van der Waals surface area contributed by atoms with Gasteiger partial charge in [0.15, 0.2) is 0 Å². The third-order valence-electron chi connectivity index (χ3n) is 8.42. The number of nitrogen functional groups attached to an aromatic ring is 1. The van der Waals surface area contributed by atoms with Crippen molar-refractivity contribution < 1.29 is 17.6 Å². The molecule has 1 aliphatic heterocycles. The second-order valence-electron chi connectivity index (χ2n) is 11.7. The van der Waals surface area contributed by atoms with Gasteiger partial charge in [0, 0.05) is 25.0 Å². The lowest BCUT2D eigenvalue weighted by atomic mass is 10.1. The molecule has 1 fully saturated rings. The van der Waals surface area contributed by atoms with Crippen LogP contribution in [-0.4, -0.2) is 62.1 Å². The van der Waals surface area contributed by atoms with Gasteiger partial charge in [0.1, 0.15) is 23.5 Å². The molecule has 3 aromatic heterocycles. The first-order chi connectivity index (χ1) is 21.6. The van der Waals surface area contributed by atoms with Crippen LogP contribution in [0.5, 0.6) is 0 Å². The first-order valence-corrected chi connectivity index (χ1v) is 16.2. The minimum absolute atomic E-state index is 0.0492. The fourth-order valence-corrected chi connectivity index (χ4v) is 7.53. The maximum atomic E-state index is 14.2. The molecule has 230 valence electrons. The number of ketones is 1. The number of nitrogens with two attached hydrogens (primary N) is 1. The molecule has 10 nitrogen and oxygen atoms in total. The second-order valence-corrected chi connectivity index (χ2v) is 13.5. The number of nitrogens with one attached hydrogen (secondary N) is 1. The maximum absolute atomic E-state index is 14.2. The van der Waals surface area contributed by atoms with Crippen molar-refractivity contribution in [1.82, 2.24) is 28.6 Å². The van der Waals surface area contributed by atoms with E-state index in [-0.39, 0.29) is 22.0 Å². The van der Waals surface area contributed by atoms with Crippen LogP contribution in [-0.2, 0) is 16.6 Å². The summed E-state index contributed by atoms with van der Waals surface area (Å²) in [6.45, 7) is 5.64. The Hall–Kier alpha value is -4.81. The van der Waals surface area contributed by atoms with Crippen LogP contribution in [0, 0.1) is 13.8 Å². The molecule has 6 aromatic rings. The number of hydrogen-bond acceptors (Lipinski definition) is 7. The van der Waals surface area contributed by atoms with Crippen LogP contribution in [0.4, 0.5) is 10.2 Å². The summed E-state index contributed by atoms with van der Waals surface area (Å²) in [6, 6.07) is 19.1. The Morgan fingerprint density at radius 2 is 1.78 bits per heavy atom. The predicted octanol–water partition coefficient (Wildman–Crippen LogP) is 5.30. The molecule has 1 saturated heterocycles. The van der Waals surface area contributed by atoms with Crippen molar-refractivity contribution in [3.63, 3.8) is 0 Å². The number of aromatic nitrogens is 5. The number of carbonyl (C=O) groups is 1. The van der Waals surface area contributed by atoms with Gasteiger partial charge in [-0.05, 0) is 80.8 Å². The highest BCUT2D eigenvalue weighted by molar-refractivity contribution is 7.90. The van der Waals surface area contributed by atoms with Gasteiger partial charge in [0.25, 0.3) is 10.0 Å². The lowest BCUT2D eigenvalue weighted by Crippen LogP contribution is -2.33. The number of carbonyl (C=O) groups excluding carboxylic acids is 1. The summed E-state index contributed by atoms with van der Waals surface area (Å²) in [5, 5.41) is 4.99. The van der Waals surface area contributed by atoms with E-state index in [0.29, 0.717) is 49.1 Å². The van der Waals surface area contributed by atoms with E-state index in [9.17, 15) is 17.6 Å². The molecule has 0 saturated carbocycles. The number of aromatic amines is 1. The molecule has 0 amide bonds. The van der Waals surface area contributed by atoms with Gasteiger partial charge in [-0.3, -0.25) is 9.69 Å². The molecule has 45 heavy (non-hydrogen) atoms. The number of alkyl halides is 1. The van der Waals surface area contributed by atoms with E-state index in [0.717, 1.165) is 32.0 Å². The summed E-state index contributed by atoms with van der Waals surface area (Å²) in [5.74, 6) is 0.273. The SMILES string of the molecule is Cc1ccc(S(=O)(=O)n2c(C(=O)c3cnn(-c4ccc5nc(C)[nH]c5c4)c3N)cc3cc(CN4CCC(F)CC4)ccc32)cc1. The van der Waals surface area contributed by atoms with Crippen molar-refractivity contribution in [2.45, 2.75) is 44.3 Å². The Labute approximate surface area is 259 Å². The number of anilines is 1. The summed E-state index contributed by atoms with van der Waals surface area (Å²) in [4.78, 5) is 24.0. The molecule has 0 aliphatic carbocycles. The minimum Gasteiger partial charge on any atom is -0.383 e. The van der Waals surface area contributed by atoms with E-state index in [1.165, 1.54) is 23.0 Å². The zero-order chi connectivity index (χ0) is 31.5. The predicted molar refractivity (Wildman–Crippen MR) is 171 cm³/mol. The molecule has 0 radical (unpaired) electrons. The first-order valence-electron chi connectivity index (χ1n) is 14.8. The van der Waals surface area contributed by atoms with Crippen molar-refractivity contribution in [1.29, 1.82) is 0 Å². The molecule has 3 aromatic carbocycles. The molecule has 7 rings (SSSR count). The van der Waals surface area contributed by atoms with Crippen molar-refractivity contribution >= 4 is 43.6 Å². The number of halogens is 1. The summed E-state index contributed by atoms with van der Waals surface area (Å²) in [6.07, 6.45) is 1.58. The van der Waals surface area contributed by atoms with E-state index in [1.54, 1.807) is 30.3 Å². The van der Waals surface area contributed by atoms with Gasteiger partial charge in [0.2, 0.25) is 5.78 Å². The quantitative estimate of drug-likeness (QED) is 0.230. The molecular formula is C33H32FN7O3S. The van der Waals surface area contributed by atoms with Crippen LogP contribution < -0.4 is 5.73 Å². The topological polar surface area (TPSA) is 132 Å². The van der Waals surface area contributed by atoms with E-state index in [2.05, 4.69) is 20.0 Å². The highest BCUT2D eigenvalue weighted by atomic mass is 32.2. The average molecular weight is 626 g/mol. The number of rotatable bonds is 7. The summed E-state index contributed by atoms with van der Waals surface area (Å²) in [7, 11) is -4.18. The molecule has 0 spiro atoms. The number of aryl methyl sites for hydroxylation is 2. The molecule has 3 N–H and O–H groups in total. The van der Waals surface area contributed by atoms with Gasteiger partial charge < -0.3 is 10.7 Å². The first kappa shape index (κ1) is 28.9. The number of hydrogen-bond donors (Lipinski definition) is 2. The fourth-order valence-electron chi connectivity index (χ4n) is 6.02. The largest absolute Gasteiger partial charge is 0.383 e. The van der Waals surface area contributed by atoms with Gasteiger partial charge in [0.05, 0.1) is 38.9 Å². The van der Waals surface area contributed by atoms with Gasteiger partial charge in [-0.2, -0.15) is 5.10 Å². The molecule has 0 bridgehead atoms. The van der Waals surface area contributed by atoms with Crippen molar-refractivity contribution in [2.24, 2.45) is 0 Å². The summed E-state index contributed by atoms with van der Waals surface area (Å²) < 4.78 is 44.5. The summed E-state index contributed by atoms with van der Waals surface area (Å²) in [5.41, 5.74) is 11.0. The molecule has 12 heteroatoms. The minimum atomic E-state index is -4.18. The Balaban J connectivity index is 1.32. The van der Waals surface area contributed by atoms with Crippen LogP contribution >= 0.6 is 0 Å². The van der Waals surface area contributed by atoms with E-state index >= 15 is 0 Å². The average Bonchev–Trinajstić information content (AvgIpc) is 3.71. The zero-order valence-electron chi connectivity index (χ0n) is 24.9. The third kappa shape index (κ3) is 5.19. The Morgan fingerprint density at radius 1 is 1.02 bits per heavy atom. The van der Waals surface area contributed by atoms with E-state index < -0.39 is 22.0 Å². The van der Waals surface area contributed by atoms with Crippen LogP contribution in [0.15, 0.2) is 77.8 Å². The molecule has 0 unspecified atom stereocenters. The standard InChI is InChI=1S/C33H32FN7O3S/c1-20-3-7-26(8-4-20)45(43,44)41-30-10-5-22(19-39-13-11-24(34)12-14-39)15-23(30)16-31(41)32(42)27-18-36-40(33(27)35)25-6-9-28-29(17-25)38-21(2)37-28/h3-10,15-18,24H,11-14,19,35H2,1-2H3,(H,37,38). The van der Waals surface area contributed by atoms with Gasteiger partial charge in [-0.1, -0.05) is 23.8 Å². The highest BCUT2D eigenvalue weighted by Gasteiger charge is 2.29. The van der Waals surface area contributed by atoms with E-state index in [1.807, 2.05) is 38.1 Å². The molecule has 4 heterocycles. The highest BCUT2D eigenvalue weighted by Crippen LogP contribution is 2.31. The number of H-pyrrole nitrogens is 1.